The smallest absolute Gasteiger partial charge is 0.172 e. The molecule has 0 bridgehead atoms. The Morgan fingerprint density at radius 2 is 1.93 bits per heavy atom. The highest BCUT2D eigenvalue weighted by molar-refractivity contribution is 9.10. The summed E-state index contributed by atoms with van der Waals surface area (Å²) in [4.78, 5) is 0. The summed E-state index contributed by atoms with van der Waals surface area (Å²) < 4.78 is 13.5. The zero-order chi connectivity index (χ0) is 11.1. The van der Waals surface area contributed by atoms with E-state index in [2.05, 4.69) is 15.9 Å². The lowest BCUT2D eigenvalue weighted by Crippen LogP contribution is -2.30. The molecule has 0 aliphatic carbocycles. The molecule has 0 aliphatic heterocycles. The maximum Gasteiger partial charge on any atom is 0.172 e. The maximum atomic E-state index is 13.4. The first-order valence-electron chi connectivity index (χ1n) is 3.94. The monoisotopic (exact) mass is 263 g/mol. The highest BCUT2D eigenvalue weighted by Crippen LogP contribution is 2.40. The number of hydrogen-bond donors (Lipinski definition) is 3. The Balaban J connectivity index is 3.53. The fraction of sp³-hybridized carbons (Fsp3) is 0.333. The summed E-state index contributed by atoms with van der Waals surface area (Å²) >= 11 is 2.99. The van der Waals surface area contributed by atoms with E-state index in [1.165, 1.54) is 0 Å². The van der Waals surface area contributed by atoms with E-state index in [0.717, 1.165) is 6.07 Å². The molecule has 1 aromatic rings. The molecule has 0 heterocycles. The predicted octanol–water partition coefficient (Wildman–Crippen LogP) is 2.19. The number of benzene rings is 1. The standard InChI is InChI=1S/C9H11BrFNO2/c1-9(2,12)6-4(11)3-5(13)8(14)7(6)10/h3,13-14H,12H2,1-2H3. The van der Waals surface area contributed by atoms with Crippen molar-refractivity contribution in [2.24, 2.45) is 5.73 Å². The molecule has 14 heavy (non-hydrogen) atoms. The van der Waals surface area contributed by atoms with Crippen LogP contribution in [0.5, 0.6) is 11.5 Å². The van der Waals surface area contributed by atoms with Gasteiger partial charge in [0.1, 0.15) is 5.82 Å². The molecule has 0 saturated carbocycles. The minimum Gasteiger partial charge on any atom is -0.504 e. The molecule has 0 unspecified atom stereocenters. The number of nitrogens with two attached hydrogens (primary N) is 1. The van der Waals surface area contributed by atoms with Crippen LogP contribution in [-0.2, 0) is 5.54 Å². The molecular weight excluding hydrogens is 253 g/mol. The van der Waals surface area contributed by atoms with Crippen LogP contribution in [0.15, 0.2) is 10.5 Å². The fourth-order valence-corrected chi connectivity index (χ4v) is 2.09. The second-order valence-electron chi connectivity index (χ2n) is 3.64. The molecule has 1 aromatic carbocycles. The van der Waals surface area contributed by atoms with E-state index in [9.17, 15) is 9.50 Å². The number of rotatable bonds is 1. The Hall–Kier alpha value is -0.810. The van der Waals surface area contributed by atoms with Crippen LogP contribution in [0.25, 0.3) is 0 Å². The Bertz CT molecular complexity index is 374. The van der Waals surface area contributed by atoms with Crippen molar-refractivity contribution >= 4 is 15.9 Å². The van der Waals surface area contributed by atoms with E-state index in [1.807, 2.05) is 0 Å². The van der Waals surface area contributed by atoms with Gasteiger partial charge >= 0.3 is 0 Å². The van der Waals surface area contributed by atoms with E-state index in [0.29, 0.717) is 0 Å². The minimum atomic E-state index is -0.936. The van der Waals surface area contributed by atoms with Crippen molar-refractivity contribution in [2.45, 2.75) is 19.4 Å². The first kappa shape index (κ1) is 11.3. The average molecular weight is 264 g/mol. The molecule has 0 fully saturated rings. The van der Waals surface area contributed by atoms with Crippen molar-refractivity contribution in [3.05, 3.63) is 21.9 Å². The van der Waals surface area contributed by atoms with Crippen LogP contribution < -0.4 is 5.73 Å². The topological polar surface area (TPSA) is 66.5 Å². The van der Waals surface area contributed by atoms with Crippen LogP contribution in [0.1, 0.15) is 19.4 Å². The van der Waals surface area contributed by atoms with Crippen LogP contribution in [0, 0.1) is 5.82 Å². The van der Waals surface area contributed by atoms with Gasteiger partial charge in [-0.15, -0.1) is 0 Å². The van der Waals surface area contributed by atoms with Crippen LogP contribution in [0.4, 0.5) is 4.39 Å². The number of phenolic OH excluding ortho intramolecular Hbond substituents is 2. The van der Waals surface area contributed by atoms with Crippen molar-refractivity contribution in [3.63, 3.8) is 0 Å². The van der Waals surface area contributed by atoms with Crippen molar-refractivity contribution < 1.29 is 14.6 Å². The van der Waals surface area contributed by atoms with Crippen molar-refractivity contribution in [1.29, 1.82) is 0 Å². The predicted molar refractivity (Wildman–Crippen MR) is 54.6 cm³/mol. The number of hydrogen-bond acceptors (Lipinski definition) is 3. The highest BCUT2D eigenvalue weighted by Gasteiger charge is 2.25. The molecule has 3 nitrogen and oxygen atoms in total. The van der Waals surface area contributed by atoms with E-state index in [1.54, 1.807) is 13.8 Å². The van der Waals surface area contributed by atoms with Crippen molar-refractivity contribution in [2.75, 3.05) is 0 Å². The quantitative estimate of drug-likeness (QED) is 0.681. The summed E-state index contributed by atoms with van der Waals surface area (Å²) in [7, 11) is 0. The van der Waals surface area contributed by atoms with Gasteiger partial charge < -0.3 is 15.9 Å². The average Bonchev–Trinajstić information content (AvgIpc) is 1.97. The molecular formula is C9H11BrFNO2. The second kappa shape index (κ2) is 3.40. The Labute approximate surface area is 89.5 Å². The molecule has 0 aliphatic rings. The van der Waals surface area contributed by atoms with Crippen molar-refractivity contribution in [3.8, 4) is 11.5 Å². The fourth-order valence-electron chi connectivity index (χ4n) is 1.19. The normalized spacial score (nSPS) is 11.8. The first-order valence-corrected chi connectivity index (χ1v) is 4.73. The van der Waals surface area contributed by atoms with E-state index in [-0.39, 0.29) is 10.0 Å². The van der Waals surface area contributed by atoms with Gasteiger partial charge in [0.2, 0.25) is 0 Å². The summed E-state index contributed by atoms with van der Waals surface area (Å²) in [6.45, 7) is 3.21. The maximum absolute atomic E-state index is 13.4. The van der Waals surface area contributed by atoms with Gasteiger partial charge in [-0.1, -0.05) is 0 Å². The van der Waals surface area contributed by atoms with Gasteiger partial charge in [0.05, 0.1) is 4.47 Å². The van der Waals surface area contributed by atoms with Gasteiger partial charge in [-0.05, 0) is 29.8 Å². The van der Waals surface area contributed by atoms with Gasteiger partial charge in [0, 0.05) is 17.2 Å². The van der Waals surface area contributed by atoms with Gasteiger partial charge in [-0.2, -0.15) is 0 Å². The summed E-state index contributed by atoms with van der Waals surface area (Å²) in [5, 5.41) is 18.5. The van der Waals surface area contributed by atoms with E-state index >= 15 is 0 Å². The third-order valence-electron chi connectivity index (χ3n) is 1.82. The summed E-state index contributed by atoms with van der Waals surface area (Å²) in [5.74, 6) is -1.57. The third-order valence-corrected chi connectivity index (χ3v) is 2.59. The number of phenols is 2. The molecule has 0 radical (unpaired) electrons. The van der Waals surface area contributed by atoms with Crippen molar-refractivity contribution in [1.82, 2.24) is 0 Å². The molecule has 0 spiro atoms. The van der Waals surface area contributed by atoms with Crippen LogP contribution in [0.2, 0.25) is 0 Å². The number of aromatic hydroxyl groups is 2. The van der Waals surface area contributed by atoms with Gasteiger partial charge in [-0.25, -0.2) is 4.39 Å². The van der Waals surface area contributed by atoms with Crippen LogP contribution >= 0.6 is 15.9 Å². The number of halogens is 2. The Kier molecular flexibility index (Phi) is 2.74. The summed E-state index contributed by atoms with van der Waals surface area (Å²) in [6, 6.07) is 0.837. The lowest BCUT2D eigenvalue weighted by Gasteiger charge is -2.22. The lowest BCUT2D eigenvalue weighted by atomic mass is 9.94. The SMILES string of the molecule is CC(C)(N)c1c(F)cc(O)c(O)c1Br. The summed E-state index contributed by atoms with van der Waals surface area (Å²) in [5.41, 5.74) is 4.91. The largest absolute Gasteiger partial charge is 0.504 e. The Morgan fingerprint density at radius 3 is 2.36 bits per heavy atom. The lowest BCUT2D eigenvalue weighted by molar-refractivity contribution is 0.390. The van der Waals surface area contributed by atoms with Gasteiger partial charge in [-0.3, -0.25) is 0 Å². The third kappa shape index (κ3) is 1.83. The minimum absolute atomic E-state index is 0.0856. The van der Waals surface area contributed by atoms with Gasteiger partial charge in [0.15, 0.2) is 11.5 Å². The highest BCUT2D eigenvalue weighted by atomic mass is 79.9. The molecule has 5 heteroatoms. The zero-order valence-corrected chi connectivity index (χ0v) is 9.39. The van der Waals surface area contributed by atoms with E-state index in [4.69, 9.17) is 10.8 Å². The Morgan fingerprint density at radius 1 is 1.43 bits per heavy atom. The molecule has 78 valence electrons. The molecule has 0 saturated heterocycles. The zero-order valence-electron chi connectivity index (χ0n) is 7.81. The molecule has 4 N–H and O–H groups in total. The summed E-state index contributed by atoms with van der Waals surface area (Å²) in [6.07, 6.45) is 0. The van der Waals surface area contributed by atoms with Crippen LogP contribution in [0.3, 0.4) is 0 Å². The second-order valence-corrected chi connectivity index (χ2v) is 4.43. The van der Waals surface area contributed by atoms with Crippen LogP contribution in [-0.4, -0.2) is 10.2 Å². The first-order chi connectivity index (χ1) is 6.25. The van der Waals surface area contributed by atoms with E-state index < -0.39 is 22.9 Å². The molecule has 1 rings (SSSR count). The van der Waals surface area contributed by atoms with Gasteiger partial charge in [0.25, 0.3) is 0 Å². The molecule has 0 atom stereocenters. The molecule has 0 amide bonds. The molecule has 0 aromatic heterocycles.